The molecule has 0 unspecified atom stereocenters. The first-order valence-corrected chi connectivity index (χ1v) is 9.47. The van der Waals surface area contributed by atoms with Crippen molar-refractivity contribution in [2.45, 2.75) is 26.2 Å². The van der Waals surface area contributed by atoms with Crippen LogP contribution < -0.4 is 4.74 Å². The summed E-state index contributed by atoms with van der Waals surface area (Å²) in [7, 11) is 1.60. The number of nitrogens with zero attached hydrogens (tertiary/aromatic N) is 2. The highest BCUT2D eigenvalue weighted by Crippen LogP contribution is 2.17. The Morgan fingerprint density at radius 2 is 1.86 bits per heavy atom. The summed E-state index contributed by atoms with van der Waals surface area (Å²) in [4.78, 5) is 27.8. The summed E-state index contributed by atoms with van der Waals surface area (Å²) in [5.41, 5.74) is 1.39. The molecule has 1 aliphatic rings. The second-order valence-electron chi connectivity index (χ2n) is 7.05. The number of ether oxygens (including phenoxy) is 2. The lowest BCUT2D eigenvalue weighted by molar-refractivity contribution is -0.137. The maximum atomic E-state index is 13.9. The predicted molar refractivity (Wildman–Crippen MR) is 106 cm³/mol. The molecular formula is C22H25FN2O4. The van der Waals surface area contributed by atoms with Gasteiger partial charge >= 0.3 is 0 Å². The van der Waals surface area contributed by atoms with E-state index in [0.29, 0.717) is 18.7 Å². The molecule has 2 aromatic rings. The summed E-state index contributed by atoms with van der Waals surface area (Å²) in [6, 6.07) is 13.9. The molecule has 0 aromatic heterocycles. The Kier molecular flexibility index (Phi) is 6.82. The highest BCUT2D eigenvalue weighted by atomic mass is 19.1. The van der Waals surface area contributed by atoms with Gasteiger partial charge in [-0.05, 0) is 23.8 Å². The van der Waals surface area contributed by atoms with Crippen molar-refractivity contribution < 1.29 is 23.5 Å². The van der Waals surface area contributed by atoms with Crippen LogP contribution in [-0.4, -0.2) is 54.5 Å². The molecule has 1 heterocycles. The van der Waals surface area contributed by atoms with Gasteiger partial charge in [0.05, 0.1) is 26.4 Å². The van der Waals surface area contributed by atoms with E-state index < -0.39 is 6.10 Å². The minimum atomic E-state index is -0.414. The second-order valence-corrected chi connectivity index (χ2v) is 7.05. The normalized spacial score (nSPS) is 17.2. The third kappa shape index (κ3) is 5.54. The van der Waals surface area contributed by atoms with E-state index in [1.165, 1.54) is 17.9 Å². The zero-order chi connectivity index (χ0) is 20.8. The highest BCUT2D eigenvalue weighted by Gasteiger charge is 2.29. The SMILES string of the molecule is COc1ccc(CN2C[C@@H](OCc3ccccc3F)CN(C(C)=O)CC2=O)cc1. The van der Waals surface area contributed by atoms with Crippen LogP contribution in [0.1, 0.15) is 18.1 Å². The van der Waals surface area contributed by atoms with E-state index in [1.54, 1.807) is 30.2 Å². The van der Waals surface area contributed by atoms with E-state index >= 15 is 0 Å². The Hall–Kier alpha value is -2.93. The molecule has 0 bridgehead atoms. The molecule has 2 amide bonds. The number of benzene rings is 2. The molecule has 0 spiro atoms. The summed E-state index contributed by atoms with van der Waals surface area (Å²) >= 11 is 0. The maximum absolute atomic E-state index is 13.9. The quantitative estimate of drug-likeness (QED) is 0.748. The number of hydrogen-bond acceptors (Lipinski definition) is 4. The van der Waals surface area contributed by atoms with Gasteiger partial charge in [-0.15, -0.1) is 0 Å². The molecule has 1 fully saturated rings. The van der Waals surface area contributed by atoms with Gasteiger partial charge in [0.15, 0.2) is 0 Å². The van der Waals surface area contributed by atoms with E-state index in [1.807, 2.05) is 24.3 Å². The summed E-state index contributed by atoms with van der Waals surface area (Å²) in [5, 5.41) is 0. The van der Waals surface area contributed by atoms with Crippen molar-refractivity contribution in [3.63, 3.8) is 0 Å². The largest absolute Gasteiger partial charge is 0.497 e. The van der Waals surface area contributed by atoms with E-state index in [9.17, 15) is 14.0 Å². The van der Waals surface area contributed by atoms with Gasteiger partial charge in [-0.3, -0.25) is 9.59 Å². The lowest BCUT2D eigenvalue weighted by Gasteiger charge is -2.25. The molecule has 1 atom stereocenters. The molecule has 2 aromatic carbocycles. The van der Waals surface area contributed by atoms with Crippen LogP contribution in [0.3, 0.4) is 0 Å². The van der Waals surface area contributed by atoms with Gasteiger partial charge in [-0.25, -0.2) is 4.39 Å². The molecule has 3 rings (SSSR count). The highest BCUT2D eigenvalue weighted by molar-refractivity contribution is 5.84. The van der Waals surface area contributed by atoms with Crippen LogP contribution >= 0.6 is 0 Å². The predicted octanol–water partition coefficient (Wildman–Crippen LogP) is 2.61. The summed E-state index contributed by atoms with van der Waals surface area (Å²) in [6.07, 6.45) is -0.414. The second kappa shape index (κ2) is 9.52. The molecular weight excluding hydrogens is 375 g/mol. The van der Waals surface area contributed by atoms with E-state index in [-0.39, 0.29) is 37.3 Å². The third-order valence-electron chi connectivity index (χ3n) is 4.94. The fourth-order valence-electron chi connectivity index (χ4n) is 3.25. The van der Waals surface area contributed by atoms with Crippen LogP contribution in [0, 0.1) is 5.82 Å². The summed E-state index contributed by atoms with van der Waals surface area (Å²) in [5.74, 6) is 0.0673. The minimum absolute atomic E-state index is 0.00501. The van der Waals surface area contributed by atoms with Crippen LogP contribution in [0.2, 0.25) is 0 Å². The van der Waals surface area contributed by atoms with Crippen molar-refractivity contribution in [2.24, 2.45) is 0 Å². The average molecular weight is 400 g/mol. The molecule has 0 radical (unpaired) electrons. The monoisotopic (exact) mass is 400 g/mol. The third-order valence-corrected chi connectivity index (χ3v) is 4.94. The number of carbonyl (C=O) groups excluding carboxylic acids is 2. The van der Waals surface area contributed by atoms with Crippen LogP contribution in [-0.2, 0) is 27.5 Å². The molecule has 7 heteroatoms. The van der Waals surface area contributed by atoms with Crippen molar-refractivity contribution in [2.75, 3.05) is 26.7 Å². The van der Waals surface area contributed by atoms with Crippen LogP contribution in [0.25, 0.3) is 0 Å². The lowest BCUT2D eigenvalue weighted by Crippen LogP contribution is -2.38. The number of carbonyl (C=O) groups is 2. The molecule has 0 N–H and O–H groups in total. The number of rotatable bonds is 6. The van der Waals surface area contributed by atoms with Gasteiger partial charge in [0, 0.05) is 32.1 Å². The smallest absolute Gasteiger partial charge is 0.242 e. The number of halogens is 1. The van der Waals surface area contributed by atoms with Crippen LogP contribution in [0.15, 0.2) is 48.5 Å². The maximum Gasteiger partial charge on any atom is 0.242 e. The van der Waals surface area contributed by atoms with Crippen LogP contribution in [0.5, 0.6) is 5.75 Å². The molecule has 29 heavy (non-hydrogen) atoms. The van der Waals surface area contributed by atoms with Gasteiger partial charge < -0.3 is 19.3 Å². The molecule has 1 aliphatic heterocycles. The van der Waals surface area contributed by atoms with Crippen molar-refractivity contribution in [3.05, 3.63) is 65.5 Å². The minimum Gasteiger partial charge on any atom is -0.497 e. The topological polar surface area (TPSA) is 59.1 Å². The number of hydrogen-bond donors (Lipinski definition) is 0. The molecule has 0 saturated carbocycles. The Labute approximate surface area is 169 Å². The molecule has 1 saturated heterocycles. The lowest BCUT2D eigenvalue weighted by atomic mass is 10.2. The Bertz CT molecular complexity index is 856. The van der Waals surface area contributed by atoms with Crippen molar-refractivity contribution in [3.8, 4) is 5.75 Å². The van der Waals surface area contributed by atoms with Gasteiger partial charge in [-0.1, -0.05) is 30.3 Å². The average Bonchev–Trinajstić information content (AvgIpc) is 2.87. The number of amides is 2. The Balaban J connectivity index is 1.72. The first-order valence-electron chi connectivity index (χ1n) is 9.47. The first-order chi connectivity index (χ1) is 14.0. The summed E-state index contributed by atoms with van der Waals surface area (Å²) < 4.78 is 25.0. The van der Waals surface area contributed by atoms with Crippen molar-refractivity contribution >= 4 is 11.8 Å². The fraction of sp³-hybridized carbons (Fsp3) is 0.364. The number of methoxy groups -OCH3 is 1. The molecule has 6 nitrogen and oxygen atoms in total. The van der Waals surface area contributed by atoms with Gasteiger partial charge in [0.25, 0.3) is 0 Å². The zero-order valence-electron chi connectivity index (χ0n) is 16.6. The zero-order valence-corrected chi connectivity index (χ0v) is 16.6. The Morgan fingerprint density at radius 1 is 1.14 bits per heavy atom. The molecule has 0 aliphatic carbocycles. The van der Waals surface area contributed by atoms with E-state index in [2.05, 4.69) is 0 Å². The van der Waals surface area contributed by atoms with Crippen LogP contribution in [0.4, 0.5) is 4.39 Å². The van der Waals surface area contributed by atoms with E-state index in [4.69, 9.17) is 9.47 Å². The Morgan fingerprint density at radius 3 is 2.52 bits per heavy atom. The fourth-order valence-corrected chi connectivity index (χ4v) is 3.25. The van der Waals surface area contributed by atoms with Gasteiger partial charge in [0.1, 0.15) is 11.6 Å². The van der Waals surface area contributed by atoms with Crippen molar-refractivity contribution in [1.29, 1.82) is 0 Å². The van der Waals surface area contributed by atoms with Gasteiger partial charge in [-0.2, -0.15) is 0 Å². The molecule has 154 valence electrons. The standard InChI is InChI=1S/C22H25FN2O4/c1-16(26)24-12-20(29-15-18-5-3-4-6-21(18)23)13-25(22(27)14-24)11-17-7-9-19(28-2)10-8-17/h3-10,20H,11-15H2,1-2H3/t20-/m0/s1. The van der Waals surface area contributed by atoms with Crippen molar-refractivity contribution in [1.82, 2.24) is 9.80 Å². The first kappa shape index (κ1) is 20.8. The van der Waals surface area contributed by atoms with Gasteiger partial charge in [0.2, 0.25) is 11.8 Å². The summed E-state index contributed by atoms with van der Waals surface area (Å²) in [6.45, 7) is 2.52. The van der Waals surface area contributed by atoms with E-state index in [0.717, 1.165) is 11.3 Å².